The van der Waals surface area contributed by atoms with Crippen molar-refractivity contribution in [2.45, 2.75) is 0 Å². The molecular weight excluding hydrogens is 745 g/mol. The summed E-state index contributed by atoms with van der Waals surface area (Å²) in [4.78, 5) is 0. The van der Waals surface area contributed by atoms with Crippen molar-refractivity contribution in [2.75, 3.05) is 0 Å². The van der Waals surface area contributed by atoms with Gasteiger partial charge in [0.1, 0.15) is 0 Å². The van der Waals surface area contributed by atoms with Gasteiger partial charge in [-0.25, -0.2) is 0 Å². The van der Waals surface area contributed by atoms with Crippen LogP contribution in [0.2, 0.25) is 0 Å². The fraction of sp³-hybridized carbons (Fsp3) is 0. The highest BCUT2D eigenvalue weighted by Gasteiger charge is 2.21. The highest BCUT2D eigenvalue weighted by atomic mass is 14.2. The van der Waals surface area contributed by atoms with Gasteiger partial charge in [0.2, 0.25) is 0 Å². The molecule has 0 aromatic heterocycles. The molecule has 0 heterocycles. The molecule has 0 aliphatic rings. The fourth-order valence-corrected chi connectivity index (χ4v) is 10.1. The van der Waals surface area contributed by atoms with Crippen molar-refractivity contribution >= 4 is 53.9 Å². The van der Waals surface area contributed by atoms with Crippen molar-refractivity contribution < 1.29 is 0 Å². The molecule has 12 aromatic carbocycles. The Bertz CT molecular complexity index is 3550. The van der Waals surface area contributed by atoms with Crippen LogP contribution in [0.3, 0.4) is 0 Å². The average Bonchev–Trinajstić information content (AvgIpc) is 3.35. The molecule has 288 valence electrons. The zero-order valence-corrected chi connectivity index (χ0v) is 34.1. The van der Waals surface area contributed by atoms with Crippen LogP contribution in [0.25, 0.3) is 121 Å². The van der Waals surface area contributed by atoms with Crippen LogP contribution >= 0.6 is 0 Å². The topological polar surface area (TPSA) is 0 Å². The second-order valence-electron chi connectivity index (χ2n) is 16.3. The van der Waals surface area contributed by atoms with Gasteiger partial charge in [-0.05, 0) is 121 Å². The lowest BCUT2D eigenvalue weighted by Gasteiger charge is -2.21. The molecule has 0 aliphatic heterocycles. The number of hydrogen-bond acceptors (Lipinski definition) is 0. The maximum absolute atomic E-state index is 2.38. The van der Waals surface area contributed by atoms with Crippen LogP contribution in [0.1, 0.15) is 0 Å². The molecule has 0 amide bonds. The zero-order valence-electron chi connectivity index (χ0n) is 34.1. The van der Waals surface area contributed by atoms with Gasteiger partial charge in [0.25, 0.3) is 0 Å². The van der Waals surface area contributed by atoms with E-state index in [0.29, 0.717) is 0 Å². The first kappa shape index (κ1) is 35.8. The van der Waals surface area contributed by atoms with E-state index >= 15 is 0 Å². The smallest absolute Gasteiger partial charge is 0.00201 e. The van der Waals surface area contributed by atoms with Crippen LogP contribution in [0, 0.1) is 0 Å². The maximum atomic E-state index is 2.38. The Hall–Kier alpha value is -8.06. The molecular formula is C62H40. The Labute approximate surface area is 361 Å². The van der Waals surface area contributed by atoms with Gasteiger partial charge < -0.3 is 0 Å². The van der Waals surface area contributed by atoms with Crippen molar-refractivity contribution in [3.63, 3.8) is 0 Å². The predicted molar refractivity (Wildman–Crippen MR) is 267 cm³/mol. The predicted octanol–water partition coefficient (Wildman–Crippen LogP) is 17.5. The van der Waals surface area contributed by atoms with Crippen LogP contribution in [-0.4, -0.2) is 0 Å². The summed E-state index contributed by atoms with van der Waals surface area (Å²) in [7, 11) is 0. The van der Waals surface area contributed by atoms with Gasteiger partial charge in [0.15, 0.2) is 0 Å². The summed E-state index contributed by atoms with van der Waals surface area (Å²) in [6, 6.07) is 89.3. The Balaban J connectivity index is 1.06. The van der Waals surface area contributed by atoms with E-state index in [1.807, 2.05) is 0 Å². The second-order valence-corrected chi connectivity index (χ2v) is 16.3. The molecule has 62 heavy (non-hydrogen) atoms. The van der Waals surface area contributed by atoms with Crippen molar-refractivity contribution in [1.29, 1.82) is 0 Å². The first-order valence-corrected chi connectivity index (χ1v) is 21.5. The Morgan fingerprint density at radius 3 is 1.16 bits per heavy atom. The Morgan fingerprint density at radius 2 is 0.532 bits per heavy atom. The van der Waals surface area contributed by atoms with Gasteiger partial charge >= 0.3 is 0 Å². The largest absolute Gasteiger partial charge is 0.0622 e. The van der Waals surface area contributed by atoms with E-state index in [1.165, 1.54) is 121 Å². The summed E-state index contributed by atoms with van der Waals surface area (Å²) in [6.45, 7) is 0. The van der Waals surface area contributed by atoms with E-state index in [9.17, 15) is 0 Å². The van der Waals surface area contributed by atoms with E-state index in [2.05, 4.69) is 243 Å². The van der Waals surface area contributed by atoms with E-state index in [0.717, 1.165) is 0 Å². The van der Waals surface area contributed by atoms with Crippen molar-refractivity contribution in [1.82, 2.24) is 0 Å². The van der Waals surface area contributed by atoms with Crippen LogP contribution in [0.4, 0.5) is 0 Å². The van der Waals surface area contributed by atoms with Crippen LogP contribution < -0.4 is 0 Å². The highest BCUT2D eigenvalue weighted by Crippen LogP contribution is 2.48. The molecule has 0 atom stereocenters. The molecule has 0 radical (unpaired) electrons. The first-order chi connectivity index (χ1) is 30.8. The monoisotopic (exact) mass is 784 g/mol. The van der Waals surface area contributed by atoms with Gasteiger partial charge in [-0.15, -0.1) is 0 Å². The second kappa shape index (κ2) is 14.9. The number of fused-ring (bicyclic) bond motifs is 5. The average molecular weight is 785 g/mol. The minimum atomic E-state index is 1.22. The van der Waals surface area contributed by atoms with Gasteiger partial charge in [0, 0.05) is 0 Å². The van der Waals surface area contributed by atoms with Gasteiger partial charge in [-0.1, -0.05) is 243 Å². The molecule has 0 nitrogen and oxygen atoms in total. The fourth-order valence-electron chi connectivity index (χ4n) is 10.1. The highest BCUT2D eigenvalue weighted by molar-refractivity contribution is 6.25. The summed E-state index contributed by atoms with van der Waals surface area (Å²) in [5.74, 6) is 0. The molecule has 0 unspecified atom stereocenters. The van der Waals surface area contributed by atoms with E-state index in [1.54, 1.807) is 0 Å². The summed E-state index contributed by atoms with van der Waals surface area (Å²) >= 11 is 0. The molecule has 0 fully saturated rings. The lowest BCUT2D eigenvalue weighted by Crippen LogP contribution is -1.93. The van der Waals surface area contributed by atoms with Crippen LogP contribution in [0.15, 0.2) is 243 Å². The van der Waals surface area contributed by atoms with Gasteiger partial charge in [0.05, 0.1) is 0 Å². The quantitative estimate of drug-likeness (QED) is 0.147. The number of hydrogen-bond donors (Lipinski definition) is 0. The van der Waals surface area contributed by atoms with E-state index in [-0.39, 0.29) is 0 Å². The summed E-state index contributed by atoms with van der Waals surface area (Å²) < 4.78 is 0. The van der Waals surface area contributed by atoms with E-state index < -0.39 is 0 Å². The molecule has 0 N–H and O–H groups in total. The molecule has 0 aliphatic carbocycles. The maximum Gasteiger partial charge on any atom is -0.00201 e. The lowest BCUT2D eigenvalue weighted by atomic mass is 9.82. The van der Waals surface area contributed by atoms with Gasteiger partial charge in [-0.2, -0.15) is 0 Å². The van der Waals surface area contributed by atoms with Gasteiger partial charge in [-0.3, -0.25) is 0 Å². The summed E-state index contributed by atoms with van der Waals surface area (Å²) in [5.41, 5.74) is 14.9. The lowest BCUT2D eigenvalue weighted by molar-refractivity contribution is 1.61. The molecule has 0 saturated heterocycles. The zero-order chi connectivity index (χ0) is 41.0. The molecule has 12 rings (SSSR count). The van der Waals surface area contributed by atoms with Crippen molar-refractivity contribution in [2.24, 2.45) is 0 Å². The Kier molecular flexibility index (Phi) is 8.61. The first-order valence-electron chi connectivity index (χ1n) is 21.5. The minimum absolute atomic E-state index is 1.22. The van der Waals surface area contributed by atoms with Crippen LogP contribution in [-0.2, 0) is 0 Å². The van der Waals surface area contributed by atoms with Crippen molar-refractivity contribution in [3.05, 3.63) is 243 Å². The SMILES string of the molecule is c1ccc(-c2cccc3c(-c4ccc(-c5c6ccccc6c(-c6ccc(-c7cccc8ccccc78)cc6)c6ccccc56)c5ccccc45)ccc(-c4ccccc4)c23)cc1. The molecule has 0 heteroatoms. The van der Waals surface area contributed by atoms with E-state index in [4.69, 9.17) is 0 Å². The van der Waals surface area contributed by atoms with Crippen LogP contribution in [0.5, 0.6) is 0 Å². The minimum Gasteiger partial charge on any atom is -0.0622 e. The summed E-state index contributed by atoms with van der Waals surface area (Å²) in [6.07, 6.45) is 0. The summed E-state index contributed by atoms with van der Waals surface area (Å²) in [5, 5.41) is 12.5. The Morgan fingerprint density at radius 1 is 0.161 bits per heavy atom. The standard InChI is InChI=1S/C62H40/c1-3-17-42(18-4-1)48-31-16-32-54-53(38-37-49(61(48)54)43-19-5-2-6-20-43)52-39-40-59(51-25-10-9-24-50(51)52)62-57-28-13-11-26-55(57)60(56-27-12-14-29-58(56)62)45-35-33-44(34-36-45)47-30-15-22-41-21-7-8-23-46(41)47/h1-40H. The number of rotatable bonds is 6. The third-order valence-electron chi connectivity index (χ3n) is 12.9. The van der Waals surface area contributed by atoms with Crippen molar-refractivity contribution in [3.8, 4) is 66.8 Å². The third kappa shape index (κ3) is 5.84. The third-order valence-corrected chi connectivity index (χ3v) is 12.9. The molecule has 12 aromatic rings. The molecule has 0 spiro atoms. The molecule has 0 saturated carbocycles. The molecule has 0 bridgehead atoms. The normalized spacial score (nSPS) is 11.5. The number of benzene rings is 12.